The number of nitrogens with zero attached hydrogens (tertiary/aromatic N) is 2. The van der Waals surface area contributed by atoms with Crippen LogP contribution in [0, 0.1) is 12.7 Å². The second kappa shape index (κ2) is 4.90. The highest BCUT2D eigenvalue weighted by molar-refractivity contribution is 5.85. The normalized spacial score (nSPS) is 16.6. The first kappa shape index (κ1) is 14.0. The fourth-order valence-electron chi connectivity index (χ4n) is 2.11. The summed E-state index contributed by atoms with van der Waals surface area (Å²) in [5.74, 6) is 0.313. The summed E-state index contributed by atoms with van der Waals surface area (Å²) < 4.78 is 18.9. The van der Waals surface area contributed by atoms with Crippen LogP contribution in [0.4, 0.5) is 4.39 Å². The third-order valence-corrected chi connectivity index (χ3v) is 3.47. The number of aromatic nitrogens is 2. The van der Waals surface area contributed by atoms with Crippen LogP contribution in [0.5, 0.6) is 0 Å². The molecule has 1 aliphatic carbocycles. The SMILES string of the molecule is Cc1ccc(-c2nc(C3(N)CCC3)no2)c(F)c1.Cl. The van der Waals surface area contributed by atoms with Gasteiger partial charge in [-0.3, -0.25) is 0 Å². The fourth-order valence-corrected chi connectivity index (χ4v) is 2.11. The van der Waals surface area contributed by atoms with Gasteiger partial charge in [-0.05, 0) is 43.9 Å². The Morgan fingerprint density at radius 3 is 2.68 bits per heavy atom. The van der Waals surface area contributed by atoms with Crippen LogP contribution >= 0.6 is 12.4 Å². The molecule has 1 aliphatic rings. The minimum absolute atomic E-state index is 0. The van der Waals surface area contributed by atoms with Gasteiger partial charge in [-0.2, -0.15) is 4.98 Å². The van der Waals surface area contributed by atoms with Gasteiger partial charge in [0.2, 0.25) is 0 Å². The molecule has 1 heterocycles. The maximum Gasteiger partial charge on any atom is 0.260 e. The second-order valence-corrected chi connectivity index (χ2v) is 4.92. The molecular weight excluding hydrogens is 269 g/mol. The molecule has 0 saturated heterocycles. The topological polar surface area (TPSA) is 64.9 Å². The summed E-state index contributed by atoms with van der Waals surface area (Å²) in [6.07, 6.45) is 2.77. The predicted molar refractivity (Wildman–Crippen MR) is 71.4 cm³/mol. The van der Waals surface area contributed by atoms with E-state index in [1.54, 1.807) is 6.07 Å². The van der Waals surface area contributed by atoms with E-state index in [1.807, 2.05) is 13.0 Å². The number of nitrogens with two attached hydrogens (primary N) is 1. The molecule has 6 heteroatoms. The average Bonchev–Trinajstić information content (AvgIpc) is 2.75. The van der Waals surface area contributed by atoms with Gasteiger partial charge in [0, 0.05) is 0 Å². The van der Waals surface area contributed by atoms with Gasteiger partial charge in [-0.25, -0.2) is 4.39 Å². The lowest BCUT2D eigenvalue weighted by molar-refractivity contribution is 0.229. The van der Waals surface area contributed by atoms with Crippen LogP contribution in [0.15, 0.2) is 22.7 Å². The minimum Gasteiger partial charge on any atom is -0.334 e. The van der Waals surface area contributed by atoms with Crippen molar-refractivity contribution in [2.45, 2.75) is 31.7 Å². The van der Waals surface area contributed by atoms with E-state index in [2.05, 4.69) is 10.1 Å². The molecule has 102 valence electrons. The van der Waals surface area contributed by atoms with Crippen LogP contribution in [-0.4, -0.2) is 10.1 Å². The Morgan fingerprint density at radius 2 is 2.11 bits per heavy atom. The number of halogens is 2. The number of hydrogen-bond acceptors (Lipinski definition) is 4. The summed E-state index contributed by atoms with van der Waals surface area (Å²) in [6, 6.07) is 4.90. The van der Waals surface area contributed by atoms with Gasteiger partial charge < -0.3 is 10.3 Å². The quantitative estimate of drug-likeness (QED) is 0.920. The monoisotopic (exact) mass is 283 g/mol. The zero-order valence-electron chi connectivity index (χ0n) is 10.5. The second-order valence-electron chi connectivity index (χ2n) is 4.92. The molecule has 19 heavy (non-hydrogen) atoms. The Hall–Kier alpha value is -1.46. The number of aryl methyl sites for hydroxylation is 1. The molecule has 1 saturated carbocycles. The first-order valence-electron chi connectivity index (χ1n) is 5.98. The first-order valence-corrected chi connectivity index (χ1v) is 5.98. The highest BCUT2D eigenvalue weighted by Crippen LogP contribution is 2.37. The van der Waals surface area contributed by atoms with E-state index >= 15 is 0 Å². The van der Waals surface area contributed by atoms with Crippen LogP contribution in [0.1, 0.15) is 30.7 Å². The van der Waals surface area contributed by atoms with E-state index in [4.69, 9.17) is 10.3 Å². The molecule has 1 aromatic heterocycles. The molecule has 0 radical (unpaired) electrons. The molecule has 0 spiro atoms. The first-order chi connectivity index (χ1) is 8.58. The molecule has 0 amide bonds. The standard InChI is InChI=1S/C13H14FN3O.ClH/c1-8-3-4-9(10(14)7-8)11-16-12(17-18-11)13(15)5-2-6-13;/h3-4,7H,2,5-6,15H2,1H3;1H. The summed E-state index contributed by atoms with van der Waals surface area (Å²) in [6.45, 7) is 1.83. The summed E-state index contributed by atoms with van der Waals surface area (Å²) in [4.78, 5) is 4.22. The highest BCUT2D eigenvalue weighted by Gasteiger charge is 2.39. The summed E-state index contributed by atoms with van der Waals surface area (Å²) in [5, 5.41) is 3.87. The zero-order chi connectivity index (χ0) is 12.8. The number of rotatable bonds is 2. The van der Waals surface area contributed by atoms with Crippen molar-refractivity contribution in [2.24, 2.45) is 5.73 Å². The minimum atomic E-state index is -0.483. The van der Waals surface area contributed by atoms with Crippen LogP contribution in [0.2, 0.25) is 0 Å². The summed E-state index contributed by atoms with van der Waals surface area (Å²) >= 11 is 0. The maximum absolute atomic E-state index is 13.8. The van der Waals surface area contributed by atoms with E-state index in [0.717, 1.165) is 24.8 Å². The van der Waals surface area contributed by atoms with Gasteiger partial charge in [0.25, 0.3) is 5.89 Å². The Labute approximate surface area is 116 Å². The van der Waals surface area contributed by atoms with Gasteiger partial charge >= 0.3 is 0 Å². The number of hydrogen-bond donors (Lipinski definition) is 1. The van der Waals surface area contributed by atoms with Gasteiger partial charge in [0.15, 0.2) is 5.82 Å². The lowest BCUT2D eigenvalue weighted by Gasteiger charge is -2.34. The van der Waals surface area contributed by atoms with Crippen LogP contribution in [0.25, 0.3) is 11.5 Å². The predicted octanol–water partition coefficient (Wildman–Crippen LogP) is 2.94. The van der Waals surface area contributed by atoms with E-state index in [-0.39, 0.29) is 24.1 Å². The number of benzene rings is 1. The summed E-state index contributed by atoms with van der Waals surface area (Å²) in [5.41, 5.74) is 6.79. The molecule has 3 rings (SSSR count). The lowest BCUT2D eigenvalue weighted by atomic mass is 9.77. The van der Waals surface area contributed by atoms with Crippen LogP contribution < -0.4 is 5.73 Å². The Balaban J connectivity index is 0.00000133. The summed E-state index contributed by atoms with van der Waals surface area (Å²) in [7, 11) is 0. The largest absolute Gasteiger partial charge is 0.334 e. The highest BCUT2D eigenvalue weighted by atomic mass is 35.5. The zero-order valence-corrected chi connectivity index (χ0v) is 11.3. The molecule has 0 unspecified atom stereocenters. The van der Waals surface area contributed by atoms with Crippen molar-refractivity contribution in [3.63, 3.8) is 0 Å². The molecule has 4 nitrogen and oxygen atoms in total. The fraction of sp³-hybridized carbons (Fsp3) is 0.385. The average molecular weight is 284 g/mol. The van der Waals surface area contributed by atoms with Crippen molar-refractivity contribution in [2.75, 3.05) is 0 Å². The molecular formula is C13H15ClFN3O. The van der Waals surface area contributed by atoms with Gasteiger partial charge in [-0.15, -0.1) is 12.4 Å². The van der Waals surface area contributed by atoms with Gasteiger partial charge in [0.1, 0.15) is 5.82 Å². The molecule has 1 fully saturated rings. The molecule has 0 atom stereocenters. The third-order valence-electron chi connectivity index (χ3n) is 3.47. The molecule has 0 aliphatic heterocycles. The van der Waals surface area contributed by atoms with Crippen molar-refractivity contribution >= 4 is 12.4 Å². The Morgan fingerprint density at radius 1 is 1.37 bits per heavy atom. The molecule has 0 bridgehead atoms. The molecule has 2 N–H and O–H groups in total. The van der Waals surface area contributed by atoms with E-state index in [1.165, 1.54) is 6.07 Å². The van der Waals surface area contributed by atoms with Crippen molar-refractivity contribution in [3.05, 3.63) is 35.4 Å². The smallest absolute Gasteiger partial charge is 0.260 e. The van der Waals surface area contributed by atoms with Gasteiger partial charge in [-0.1, -0.05) is 11.2 Å². The van der Waals surface area contributed by atoms with Crippen molar-refractivity contribution < 1.29 is 8.91 Å². The van der Waals surface area contributed by atoms with Crippen LogP contribution in [-0.2, 0) is 5.54 Å². The van der Waals surface area contributed by atoms with Gasteiger partial charge in [0.05, 0.1) is 11.1 Å². The van der Waals surface area contributed by atoms with Crippen molar-refractivity contribution in [1.29, 1.82) is 0 Å². The van der Waals surface area contributed by atoms with Crippen molar-refractivity contribution in [3.8, 4) is 11.5 Å². The van der Waals surface area contributed by atoms with E-state index in [9.17, 15) is 4.39 Å². The van der Waals surface area contributed by atoms with Crippen molar-refractivity contribution in [1.82, 2.24) is 10.1 Å². The Kier molecular flexibility index (Phi) is 3.60. The maximum atomic E-state index is 13.8. The Bertz CT molecular complexity index is 595. The van der Waals surface area contributed by atoms with Crippen LogP contribution in [0.3, 0.4) is 0 Å². The lowest BCUT2D eigenvalue weighted by Crippen LogP contribution is -2.44. The molecule has 2 aromatic rings. The van der Waals surface area contributed by atoms with E-state index in [0.29, 0.717) is 11.4 Å². The third kappa shape index (κ3) is 2.35. The van der Waals surface area contributed by atoms with E-state index < -0.39 is 5.54 Å². The molecule has 1 aromatic carbocycles.